The number of hydrogen-bond donors (Lipinski definition) is 1. The second kappa shape index (κ2) is 6.93. The molecular formula is C19H31NO. The smallest absolute Gasteiger partial charge is 0.0953 e. The van der Waals surface area contributed by atoms with Crippen molar-refractivity contribution in [2.75, 3.05) is 13.1 Å². The number of ether oxygens (including phenoxy) is 1. The van der Waals surface area contributed by atoms with Gasteiger partial charge in [-0.05, 0) is 22.5 Å². The van der Waals surface area contributed by atoms with E-state index in [-0.39, 0.29) is 11.5 Å². The average molecular weight is 289 g/mol. The molecule has 21 heavy (non-hydrogen) atoms. The van der Waals surface area contributed by atoms with E-state index >= 15 is 0 Å². The molecule has 1 aromatic carbocycles. The zero-order chi connectivity index (χ0) is 15.5. The van der Waals surface area contributed by atoms with E-state index in [1.807, 2.05) is 0 Å². The van der Waals surface area contributed by atoms with Gasteiger partial charge in [0.05, 0.1) is 12.2 Å². The molecule has 2 rings (SSSR count). The molecule has 0 aromatic heterocycles. The van der Waals surface area contributed by atoms with Gasteiger partial charge in [-0.25, -0.2) is 0 Å². The first kappa shape index (κ1) is 16.5. The van der Waals surface area contributed by atoms with E-state index in [9.17, 15) is 0 Å². The average Bonchev–Trinajstić information content (AvgIpc) is 2.48. The van der Waals surface area contributed by atoms with Crippen LogP contribution >= 0.6 is 0 Å². The van der Waals surface area contributed by atoms with Crippen molar-refractivity contribution in [1.82, 2.24) is 5.32 Å². The third-order valence-corrected chi connectivity index (χ3v) is 4.74. The third-order valence-electron chi connectivity index (χ3n) is 4.74. The molecular weight excluding hydrogens is 258 g/mol. The summed E-state index contributed by atoms with van der Waals surface area (Å²) in [6.45, 7) is 13.2. The highest BCUT2D eigenvalue weighted by molar-refractivity contribution is 5.29. The van der Waals surface area contributed by atoms with Crippen molar-refractivity contribution in [3.63, 3.8) is 0 Å². The number of rotatable bonds is 4. The molecule has 0 bridgehead atoms. The highest BCUT2D eigenvalue weighted by Crippen LogP contribution is 2.29. The van der Waals surface area contributed by atoms with Crippen molar-refractivity contribution < 1.29 is 4.74 Å². The van der Waals surface area contributed by atoms with E-state index < -0.39 is 0 Å². The minimum Gasteiger partial charge on any atom is -0.367 e. The van der Waals surface area contributed by atoms with Gasteiger partial charge in [0.2, 0.25) is 0 Å². The molecule has 1 N–H and O–H groups in total. The normalized spacial score (nSPS) is 23.5. The molecule has 1 aromatic rings. The van der Waals surface area contributed by atoms with Gasteiger partial charge >= 0.3 is 0 Å². The van der Waals surface area contributed by atoms with Crippen LogP contribution in [0.3, 0.4) is 0 Å². The zero-order valence-corrected chi connectivity index (χ0v) is 14.3. The SMILES string of the molecule is CCC(CC)C1CNCC(c2ccc(C(C)(C)C)cc2)O1. The minimum atomic E-state index is 0.193. The minimum absolute atomic E-state index is 0.193. The molecule has 0 saturated carbocycles. The molecule has 0 amide bonds. The number of hydrogen-bond acceptors (Lipinski definition) is 2. The van der Waals surface area contributed by atoms with Gasteiger partial charge in [0.1, 0.15) is 0 Å². The summed E-state index contributed by atoms with van der Waals surface area (Å²) in [5.41, 5.74) is 2.89. The third kappa shape index (κ3) is 4.08. The number of nitrogens with one attached hydrogen (secondary N) is 1. The molecule has 1 fully saturated rings. The molecule has 118 valence electrons. The predicted molar refractivity (Wildman–Crippen MR) is 89.7 cm³/mol. The fraction of sp³-hybridized carbons (Fsp3) is 0.684. The second-order valence-electron chi connectivity index (χ2n) is 7.27. The van der Waals surface area contributed by atoms with Gasteiger partial charge in [0.25, 0.3) is 0 Å². The molecule has 0 radical (unpaired) electrons. The Bertz CT molecular complexity index is 428. The Morgan fingerprint density at radius 3 is 2.24 bits per heavy atom. The van der Waals surface area contributed by atoms with E-state index in [2.05, 4.69) is 64.2 Å². The highest BCUT2D eigenvalue weighted by atomic mass is 16.5. The van der Waals surface area contributed by atoms with E-state index in [0.717, 1.165) is 13.1 Å². The summed E-state index contributed by atoms with van der Waals surface area (Å²) < 4.78 is 6.38. The molecule has 0 spiro atoms. The molecule has 2 nitrogen and oxygen atoms in total. The second-order valence-corrected chi connectivity index (χ2v) is 7.27. The first-order valence-corrected chi connectivity index (χ1v) is 8.42. The van der Waals surface area contributed by atoms with Crippen molar-refractivity contribution in [2.45, 2.75) is 65.1 Å². The summed E-state index contributed by atoms with van der Waals surface area (Å²) in [4.78, 5) is 0. The molecule has 1 heterocycles. The van der Waals surface area contributed by atoms with Crippen LogP contribution < -0.4 is 5.32 Å². The standard InChI is InChI=1S/C19H31NO/c1-6-14(7-2)17-12-20-13-18(21-17)15-8-10-16(11-9-15)19(3,4)5/h8-11,14,17-18,20H,6-7,12-13H2,1-5H3. The van der Waals surface area contributed by atoms with Gasteiger partial charge < -0.3 is 10.1 Å². The molecule has 1 saturated heterocycles. The quantitative estimate of drug-likeness (QED) is 0.884. The molecule has 1 aliphatic rings. The number of morpholine rings is 1. The predicted octanol–water partition coefficient (Wildman–Crippen LogP) is 4.45. The zero-order valence-electron chi connectivity index (χ0n) is 14.3. The van der Waals surface area contributed by atoms with Crippen LogP contribution in [0.1, 0.15) is 64.7 Å². The highest BCUT2D eigenvalue weighted by Gasteiger charge is 2.28. The van der Waals surface area contributed by atoms with Crippen LogP contribution in [0.25, 0.3) is 0 Å². The molecule has 2 atom stereocenters. The van der Waals surface area contributed by atoms with Crippen molar-refractivity contribution >= 4 is 0 Å². The monoisotopic (exact) mass is 289 g/mol. The Balaban J connectivity index is 2.07. The maximum Gasteiger partial charge on any atom is 0.0953 e. The van der Waals surface area contributed by atoms with Crippen molar-refractivity contribution in [3.05, 3.63) is 35.4 Å². The maximum atomic E-state index is 6.38. The van der Waals surface area contributed by atoms with E-state index in [0.29, 0.717) is 12.0 Å². The Morgan fingerprint density at radius 2 is 1.71 bits per heavy atom. The first-order valence-electron chi connectivity index (χ1n) is 8.42. The van der Waals surface area contributed by atoms with Gasteiger partial charge in [-0.1, -0.05) is 71.7 Å². The van der Waals surface area contributed by atoms with Crippen LogP contribution in [0.2, 0.25) is 0 Å². The molecule has 0 aliphatic carbocycles. The van der Waals surface area contributed by atoms with Crippen molar-refractivity contribution in [3.8, 4) is 0 Å². The van der Waals surface area contributed by atoms with E-state index in [4.69, 9.17) is 4.74 Å². The van der Waals surface area contributed by atoms with Gasteiger partial charge in [0, 0.05) is 13.1 Å². The van der Waals surface area contributed by atoms with Crippen molar-refractivity contribution in [1.29, 1.82) is 0 Å². The number of benzene rings is 1. The van der Waals surface area contributed by atoms with Crippen LogP contribution in [0.5, 0.6) is 0 Å². The summed E-state index contributed by atoms with van der Waals surface area (Å²) in [5, 5.41) is 3.55. The summed E-state index contributed by atoms with van der Waals surface area (Å²) in [6, 6.07) is 8.98. The van der Waals surface area contributed by atoms with Gasteiger partial charge in [-0.15, -0.1) is 0 Å². The topological polar surface area (TPSA) is 21.3 Å². The lowest BCUT2D eigenvalue weighted by atomic mass is 9.86. The summed E-state index contributed by atoms with van der Waals surface area (Å²) in [5.74, 6) is 0.661. The van der Waals surface area contributed by atoms with Crippen molar-refractivity contribution in [2.24, 2.45) is 5.92 Å². The largest absolute Gasteiger partial charge is 0.367 e. The fourth-order valence-electron chi connectivity index (χ4n) is 3.15. The van der Waals surface area contributed by atoms with Gasteiger partial charge in [-0.2, -0.15) is 0 Å². The molecule has 1 aliphatic heterocycles. The van der Waals surface area contributed by atoms with Crippen LogP contribution in [-0.4, -0.2) is 19.2 Å². The Morgan fingerprint density at radius 1 is 1.10 bits per heavy atom. The summed E-state index contributed by atoms with van der Waals surface area (Å²) in [7, 11) is 0. The van der Waals surface area contributed by atoms with Gasteiger partial charge in [-0.3, -0.25) is 0 Å². The Labute approximate surface area is 130 Å². The lowest BCUT2D eigenvalue weighted by Crippen LogP contribution is -2.44. The summed E-state index contributed by atoms with van der Waals surface area (Å²) in [6.07, 6.45) is 2.93. The molecule has 2 unspecified atom stereocenters. The lowest BCUT2D eigenvalue weighted by Gasteiger charge is -2.35. The fourth-order valence-corrected chi connectivity index (χ4v) is 3.15. The first-order chi connectivity index (χ1) is 9.95. The Kier molecular flexibility index (Phi) is 5.45. The Hall–Kier alpha value is -0.860. The summed E-state index contributed by atoms with van der Waals surface area (Å²) >= 11 is 0. The van der Waals surface area contributed by atoms with Crippen LogP contribution in [0.15, 0.2) is 24.3 Å². The van der Waals surface area contributed by atoms with Crippen LogP contribution in [0, 0.1) is 5.92 Å². The van der Waals surface area contributed by atoms with Gasteiger partial charge in [0.15, 0.2) is 0 Å². The lowest BCUT2D eigenvalue weighted by molar-refractivity contribution is -0.0688. The maximum absolute atomic E-state index is 6.38. The van der Waals surface area contributed by atoms with E-state index in [1.165, 1.54) is 24.0 Å². The van der Waals surface area contributed by atoms with Crippen LogP contribution in [0.4, 0.5) is 0 Å². The van der Waals surface area contributed by atoms with E-state index in [1.54, 1.807) is 0 Å². The molecule has 2 heteroatoms. The van der Waals surface area contributed by atoms with Crippen LogP contribution in [-0.2, 0) is 10.2 Å².